The summed E-state index contributed by atoms with van der Waals surface area (Å²) in [5.74, 6) is 0.975. The third-order valence-electron chi connectivity index (χ3n) is 4.01. The number of amides is 1. The predicted octanol–water partition coefficient (Wildman–Crippen LogP) is 0.885. The predicted molar refractivity (Wildman–Crippen MR) is 68.6 cm³/mol. The van der Waals surface area contributed by atoms with Crippen molar-refractivity contribution >= 4 is 5.91 Å². The normalized spacial score (nSPS) is 34.9. The van der Waals surface area contributed by atoms with Gasteiger partial charge in [0.25, 0.3) is 0 Å². The van der Waals surface area contributed by atoms with E-state index in [4.69, 9.17) is 0 Å². The summed E-state index contributed by atoms with van der Waals surface area (Å²) in [5.41, 5.74) is 0. The van der Waals surface area contributed by atoms with E-state index < -0.39 is 0 Å². The lowest BCUT2D eigenvalue weighted by Crippen LogP contribution is -2.39. The van der Waals surface area contributed by atoms with Crippen molar-refractivity contribution in [3.63, 3.8) is 0 Å². The highest BCUT2D eigenvalue weighted by Gasteiger charge is 2.37. The third kappa shape index (κ3) is 2.80. The van der Waals surface area contributed by atoms with Crippen LogP contribution >= 0.6 is 0 Å². The number of nitrogens with zero attached hydrogens (tertiary/aromatic N) is 2. The van der Waals surface area contributed by atoms with Gasteiger partial charge in [0.1, 0.15) is 0 Å². The number of rotatable bonds is 4. The van der Waals surface area contributed by atoms with Crippen molar-refractivity contribution in [1.29, 1.82) is 0 Å². The summed E-state index contributed by atoms with van der Waals surface area (Å²) in [6, 6.07) is 0.0640. The van der Waals surface area contributed by atoms with E-state index in [0.29, 0.717) is 11.8 Å². The van der Waals surface area contributed by atoms with Crippen molar-refractivity contribution in [1.82, 2.24) is 15.1 Å². The van der Waals surface area contributed by atoms with E-state index in [1.54, 1.807) is 0 Å². The van der Waals surface area contributed by atoms with E-state index in [1.807, 2.05) is 4.90 Å². The number of hydrogen-bond donors (Lipinski definition) is 1. The van der Waals surface area contributed by atoms with Gasteiger partial charge in [-0.25, -0.2) is 0 Å². The smallest absolute Gasteiger partial charge is 0.241 e. The van der Waals surface area contributed by atoms with Gasteiger partial charge < -0.3 is 9.80 Å². The lowest BCUT2D eigenvalue weighted by molar-refractivity contribution is -0.130. The summed E-state index contributed by atoms with van der Waals surface area (Å²) >= 11 is 0. The molecule has 3 unspecified atom stereocenters. The van der Waals surface area contributed by atoms with E-state index in [9.17, 15) is 4.79 Å². The second-order valence-corrected chi connectivity index (χ2v) is 5.59. The lowest BCUT2D eigenvalue weighted by atomic mass is 10.1. The Morgan fingerprint density at radius 3 is 2.82 bits per heavy atom. The molecule has 0 aromatic heterocycles. The van der Waals surface area contributed by atoms with Gasteiger partial charge in [0.15, 0.2) is 0 Å². The molecule has 2 heterocycles. The molecule has 0 bridgehead atoms. The maximum atomic E-state index is 12.2. The molecule has 0 aromatic rings. The fourth-order valence-corrected chi connectivity index (χ4v) is 3.04. The van der Waals surface area contributed by atoms with Gasteiger partial charge in [-0.2, -0.15) is 0 Å². The van der Waals surface area contributed by atoms with Gasteiger partial charge in [-0.05, 0) is 39.3 Å². The SMILES string of the molecule is CCCC1NC(C)N(CC2CCN(C)C2)C1=O. The molecule has 98 valence electrons. The number of likely N-dealkylation sites (tertiary alicyclic amines) is 1. The van der Waals surface area contributed by atoms with Crippen molar-refractivity contribution in [3.05, 3.63) is 0 Å². The van der Waals surface area contributed by atoms with E-state index in [-0.39, 0.29) is 12.2 Å². The van der Waals surface area contributed by atoms with Crippen LogP contribution in [0.1, 0.15) is 33.1 Å². The highest BCUT2D eigenvalue weighted by molar-refractivity contribution is 5.84. The van der Waals surface area contributed by atoms with Crippen LogP contribution in [0.3, 0.4) is 0 Å². The Morgan fingerprint density at radius 1 is 1.47 bits per heavy atom. The molecule has 0 spiro atoms. The van der Waals surface area contributed by atoms with Crippen LogP contribution in [0.2, 0.25) is 0 Å². The minimum Gasteiger partial charge on any atom is -0.326 e. The van der Waals surface area contributed by atoms with Gasteiger partial charge >= 0.3 is 0 Å². The van der Waals surface area contributed by atoms with E-state index in [2.05, 4.69) is 31.1 Å². The van der Waals surface area contributed by atoms with Crippen LogP contribution in [0.25, 0.3) is 0 Å². The Hall–Kier alpha value is -0.610. The number of nitrogens with one attached hydrogen (secondary N) is 1. The average molecular weight is 239 g/mol. The zero-order chi connectivity index (χ0) is 12.4. The van der Waals surface area contributed by atoms with Gasteiger partial charge in [0, 0.05) is 13.1 Å². The molecule has 0 saturated carbocycles. The summed E-state index contributed by atoms with van der Waals surface area (Å²) in [7, 11) is 2.16. The second kappa shape index (κ2) is 5.36. The fourth-order valence-electron chi connectivity index (χ4n) is 3.04. The molecule has 3 atom stereocenters. The standard InChI is InChI=1S/C13H25N3O/c1-4-5-12-13(17)16(10(2)14-12)9-11-6-7-15(3)8-11/h10-12,14H,4-9H2,1-3H3. The number of carbonyl (C=O) groups is 1. The summed E-state index contributed by atoms with van der Waals surface area (Å²) < 4.78 is 0. The van der Waals surface area contributed by atoms with E-state index in [0.717, 1.165) is 25.9 Å². The summed E-state index contributed by atoms with van der Waals surface area (Å²) in [6.45, 7) is 7.47. The Kier molecular flexibility index (Phi) is 4.05. The molecule has 1 N–H and O–H groups in total. The highest BCUT2D eigenvalue weighted by atomic mass is 16.2. The average Bonchev–Trinajstić information content (AvgIpc) is 2.79. The molecular formula is C13H25N3O. The fraction of sp³-hybridized carbons (Fsp3) is 0.923. The monoisotopic (exact) mass is 239 g/mol. The van der Waals surface area contributed by atoms with Crippen LogP contribution in [0.15, 0.2) is 0 Å². The van der Waals surface area contributed by atoms with Gasteiger partial charge in [0.2, 0.25) is 5.91 Å². The first-order valence-corrected chi connectivity index (χ1v) is 6.87. The van der Waals surface area contributed by atoms with E-state index >= 15 is 0 Å². The molecule has 0 radical (unpaired) electrons. The maximum Gasteiger partial charge on any atom is 0.241 e. The first-order chi connectivity index (χ1) is 8.11. The molecule has 2 aliphatic rings. The van der Waals surface area contributed by atoms with Crippen LogP contribution in [0, 0.1) is 5.92 Å². The molecule has 17 heavy (non-hydrogen) atoms. The van der Waals surface area contributed by atoms with Gasteiger partial charge in [-0.3, -0.25) is 10.1 Å². The van der Waals surface area contributed by atoms with Crippen molar-refractivity contribution in [2.45, 2.75) is 45.3 Å². The maximum absolute atomic E-state index is 12.2. The molecule has 0 aliphatic carbocycles. The largest absolute Gasteiger partial charge is 0.326 e. The minimum absolute atomic E-state index is 0.0640. The summed E-state index contributed by atoms with van der Waals surface area (Å²) in [5, 5.41) is 3.40. The summed E-state index contributed by atoms with van der Waals surface area (Å²) in [6.07, 6.45) is 3.47. The molecule has 2 saturated heterocycles. The van der Waals surface area contributed by atoms with Gasteiger partial charge in [0.05, 0.1) is 12.2 Å². The van der Waals surface area contributed by atoms with Crippen LogP contribution < -0.4 is 5.32 Å². The molecule has 0 aromatic carbocycles. The zero-order valence-corrected chi connectivity index (χ0v) is 11.3. The highest BCUT2D eigenvalue weighted by Crippen LogP contribution is 2.21. The van der Waals surface area contributed by atoms with Crippen molar-refractivity contribution in [2.75, 3.05) is 26.7 Å². The van der Waals surface area contributed by atoms with Gasteiger partial charge in [-0.1, -0.05) is 13.3 Å². The number of carbonyl (C=O) groups excluding carboxylic acids is 1. The van der Waals surface area contributed by atoms with Crippen LogP contribution in [0.5, 0.6) is 0 Å². The molecule has 2 aliphatic heterocycles. The van der Waals surface area contributed by atoms with E-state index in [1.165, 1.54) is 13.0 Å². The molecule has 4 nitrogen and oxygen atoms in total. The van der Waals surface area contributed by atoms with Crippen molar-refractivity contribution < 1.29 is 4.79 Å². The second-order valence-electron chi connectivity index (χ2n) is 5.59. The topological polar surface area (TPSA) is 35.6 Å². The third-order valence-corrected chi connectivity index (χ3v) is 4.01. The molecule has 4 heteroatoms. The molecule has 1 amide bonds. The Labute approximate surface area is 104 Å². The molecule has 2 fully saturated rings. The molecular weight excluding hydrogens is 214 g/mol. The Balaban J connectivity index is 1.90. The van der Waals surface area contributed by atoms with Gasteiger partial charge in [-0.15, -0.1) is 0 Å². The van der Waals surface area contributed by atoms with Crippen LogP contribution in [-0.4, -0.2) is 54.6 Å². The first-order valence-electron chi connectivity index (χ1n) is 6.87. The van der Waals surface area contributed by atoms with Crippen LogP contribution in [0.4, 0.5) is 0 Å². The van der Waals surface area contributed by atoms with Crippen molar-refractivity contribution in [3.8, 4) is 0 Å². The quantitative estimate of drug-likeness (QED) is 0.791. The lowest BCUT2D eigenvalue weighted by Gasteiger charge is -2.24. The molecule has 2 rings (SSSR count). The zero-order valence-electron chi connectivity index (χ0n) is 11.3. The summed E-state index contributed by atoms with van der Waals surface area (Å²) in [4.78, 5) is 16.6. The Morgan fingerprint density at radius 2 is 2.24 bits per heavy atom. The first kappa shape index (κ1) is 12.8. The van der Waals surface area contributed by atoms with Crippen molar-refractivity contribution in [2.24, 2.45) is 5.92 Å². The Bertz CT molecular complexity index is 282. The number of hydrogen-bond acceptors (Lipinski definition) is 3. The minimum atomic E-state index is 0.0640. The van der Waals surface area contributed by atoms with Crippen LogP contribution in [-0.2, 0) is 4.79 Å².